The van der Waals surface area contributed by atoms with Gasteiger partial charge in [-0.25, -0.2) is 0 Å². The summed E-state index contributed by atoms with van der Waals surface area (Å²) in [6.45, 7) is 5.19. The largest absolute Gasteiger partial charge is 0.494 e. The molecule has 2 N–H and O–H groups in total. The molecule has 0 fully saturated rings. The summed E-state index contributed by atoms with van der Waals surface area (Å²) in [7, 11) is 0. The number of hydrogen-bond donors (Lipinski definition) is 2. The first-order chi connectivity index (χ1) is 13.5. The van der Waals surface area contributed by atoms with Crippen LogP contribution < -0.4 is 14.8 Å². The monoisotopic (exact) mass is 385 g/mol. The van der Waals surface area contributed by atoms with Crippen molar-refractivity contribution in [2.24, 2.45) is 5.92 Å². The second kappa shape index (κ2) is 11.0. The van der Waals surface area contributed by atoms with E-state index in [1.165, 1.54) is 0 Å². The second-order valence-electron chi connectivity index (χ2n) is 6.85. The van der Waals surface area contributed by atoms with Gasteiger partial charge in [0.25, 0.3) is 5.91 Å². The van der Waals surface area contributed by atoms with Crippen LogP contribution in [0.5, 0.6) is 11.5 Å². The average molecular weight is 385 g/mol. The molecule has 0 atom stereocenters. The van der Waals surface area contributed by atoms with Gasteiger partial charge in [-0.2, -0.15) is 0 Å². The number of carboxylic acid groups (broad SMARTS) is 1. The zero-order chi connectivity index (χ0) is 20.4. The fraction of sp³-hybridized carbons (Fsp3) is 0.364. The Morgan fingerprint density at radius 3 is 2.39 bits per heavy atom. The second-order valence-corrected chi connectivity index (χ2v) is 6.85. The van der Waals surface area contributed by atoms with Crippen LogP contribution in [0.15, 0.2) is 48.5 Å². The van der Waals surface area contributed by atoms with E-state index in [0.29, 0.717) is 35.9 Å². The van der Waals surface area contributed by atoms with E-state index in [1.54, 1.807) is 36.4 Å². The molecule has 2 aromatic carbocycles. The van der Waals surface area contributed by atoms with Crippen molar-refractivity contribution in [1.29, 1.82) is 0 Å². The molecular formula is C22H27NO5. The van der Waals surface area contributed by atoms with Crippen molar-refractivity contribution in [1.82, 2.24) is 0 Å². The number of carbonyl (C=O) groups excluding carboxylic acids is 1. The van der Waals surface area contributed by atoms with Crippen molar-refractivity contribution >= 4 is 17.6 Å². The van der Waals surface area contributed by atoms with Gasteiger partial charge in [-0.3, -0.25) is 9.59 Å². The molecule has 0 heterocycles. The number of carboxylic acids is 1. The molecule has 2 aromatic rings. The van der Waals surface area contributed by atoms with Crippen LogP contribution in [0, 0.1) is 5.92 Å². The molecule has 0 radical (unpaired) electrons. The van der Waals surface area contributed by atoms with Crippen molar-refractivity contribution in [3.63, 3.8) is 0 Å². The van der Waals surface area contributed by atoms with E-state index in [-0.39, 0.29) is 18.9 Å². The summed E-state index contributed by atoms with van der Waals surface area (Å²) in [5, 5.41) is 11.5. The molecule has 0 bridgehead atoms. The summed E-state index contributed by atoms with van der Waals surface area (Å²) in [6, 6.07) is 14.1. The molecule has 0 spiro atoms. The maximum Gasteiger partial charge on any atom is 0.303 e. The standard InChI is InChI=1S/C22H27NO5/c1-16(2)13-15-27-18-11-9-17(10-12-18)23-22(26)19-6-3-4-7-20(19)28-14-5-8-21(24)25/h3-4,6-7,9-12,16H,5,8,13-15H2,1-2H3,(H,23,26)(H,24,25). The molecule has 2 rings (SSSR count). The number of benzene rings is 2. The van der Waals surface area contributed by atoms with Crippen molar-refractivity contribution in [3.05, 3.63) is 54.1 Å². The first-order valence-corrected chi connectivity index (χ1v) is 9.43. The van der Waals surface area contributed by atoms with Gasteiger partial charge in [0.05, 0.1) is 18.8 Å². The highest BCUT2D eigenvalue weighted by molar-refractivity contribution is 6.06. The SMILES string of the molecule is CC(C)CCOc1ccc(NC(=O)c2ccccc2OCCCC(=O)O)cc1. The van der Waals surface area contributed by atoms with E-state index in [0.717, 1.165) is 12.2 Å². The number of anilines is 1. The Labute approximate surface area is 165 Å². The van der Waals surface area contributed by atoms with Crippen LogP contribution in [0.2, 0.25) is 0 Å². The van der Waals surface area contributed by atoms with Crippen LogP contribution in [0.1, 0.15) is 43.5 Å². The predicted octanol–water partition coefficient (Wildman–Crippen LogP) is 4.61. The molecule has 150 valence electrons. The molecule has 0 saturated carbocycles. The summed E-state index contributed by atoms with van der Waals surface area (Å²) in [5.74, 6) is 0.624. The van der Waals surface area contributed by atoms with Gasteiger partial charge in [0, 0.05) is 12.1 Å². The number of nitrogens with one attached hydrogen (secondary N) is 1. The van der Waals surface area contributed by atoms with Crippen molar-refractivity contribution in [3.8, 4) is 11.5 Å². The van der Waals surface area contributed by atoms with Crippen molar-refractivity contribution in [2.45, 2.75) is 33.1 Å². The zero-order valence-corrected chi connectivity index (χ0v) is 16.3. The Hall–Kier alpha value is -3.02. The summed E-state index contributed by atoms with van der Waals surface area (Å²) < 4.78 is 11.3. The van der Waals surface area contributed by atoms with Gasteiger partial charge >= 0.3 is 5.97 Å². The van der Waals surface area contributed by atoms with E-state index in [2.05, 4.69) is 19.2 Å². The summed E-state index contributed by atoms with van der Waals surface area (Å²) >= 11 is 0. The third-order valence-corrected chi connectivity index (χ3v) is 4.00. The third-order valence-electron chi connectivity index (χ3n) is 4.00. The minimum atomic E-state index is -0.869. The van der Waals surface area contributed by atoms with Gasteiger partial charge in [-0.1, -0.05) is 26.0 Å². The van der Waals surface area contributed by atoms with E-state index >= 15 is 0 Å². The number of carbonyl (C=O) groups is 2. The lowest BCUT2D eigenvalue weighted by atomic mass is 10.1. The fourth-order valence-corrected chi connectivity index (χ4v) is 2.43. The van der Waals surface area contributed by atoms with Gasteiger partial charge in [0.2, 0.25) is 0 Å². The Balaban J connectivity index is 1.92. The molecule has 0 aliphatic rings. The molecule has 0 aromatic heterocycles. The number of rotatable bonds is 11. The molecule has 0 saturated heterocycles. The molecule has 0 unspecified atom stereocenters. The average Bonchev–Trinajstić information content (AvgIpc) is 2.66. The highest BCUT2D eigenvalue weighted by atomic mass is 16.5. The molecule has 6 nitrogen and oxygen atoms in total. The van der Waals surface area contributed by atoms with E-state index in [9.17, 15) is 9.59 Å². The summed E-state index contributed by atoms with van der Waals surface area (Å²) in [5.41, 5.74) is 1.05. The van der Waals surface area contributed by atoms with Crippen LogP contribution in [0.3, 0.4) is 0 Å². The smallest absolute Gasteiger partial charge is 0.303 e. The number of hydrogen-bond acceptors (Lipinski definition) is 4. The maximum absolute atomic E-state index is 12.6. The summed E-state index contributed by atoms with van der Waals surface area (Å²) in [4.78, 5) is 23.2. The Morgan fingerprint density at radius 1 is 1.00 bits per heavy atom. The normalized spacial score (nSPS) is 10.5. The minimum absolute atomic E-state index is 0.0277. The molecule has 6 heteroatoms. The minimum Gasteiger partial charge on any atom is -0.494 e. The summed E-state index contributed by atoms with van der Waals surface area (Å²) in [6.07, 6.45) is 1.39. The Bertz CT molecular complexity index is 771. The first-order valence-electron chi connectivity index (χ1n) is 9.43. The number of aliphatic carboxylic acids is 1. The quantitative estimate of drug-likeness (QED) is 0.552. The van der Waals surface area contributed by atoms with Crippen LogP contribution in [0.4, 0.5) is 5.69 Å². The van der Waals surface area contributed by atoms with Crippen molar-refractivity contribution < 1.29 is 24.2 Å². The lowest BCUT2D eigenvalue weighted by molar-refractivity contribution is -0.137. The van der Waals surface area contributed by atoms with Gasteiger partial charge in [0.1, 0.15) is 11.5 Å². The fourth-order valence-electron chi connectivity index (χ4n) is 2.43. The molecule has 0 aliphatic heterocycles. The van der Waals surface area contributed by atoms with E-state index < -0.39 is 5.97 Å². The third kappa shape index (κ3) is 7.31. The molecule has 28 heavy (non-hydrogen) atoms. The van der Waals surface area contributed by atoms with Crippen LogP contribution in [0.25, 0.3) is 0 Å². The van der Waals surface area contributed by atoms with Crippen LogP contribution in [-0.4, -0.2) is 30.2 Å². The lowest BCUT2D eigenvalue weighted by Crippen LogP contribution is -2.14. The van der Waals surface area contributed by atoms with Gasteiger partial charge in [-0.05, 0) is 55.2 Å². The highest BCUT2D eigenvalue weighted by Gasteiger charge is 2.12. The topological polar surface area (TPSA) is 84.9 Å². The Morgan fingerprint density at radius 2 is 1.71 bits per heavy atom. The van der Waals surface area contributed by atoms with E-state index in [1.807, 2.05) is 12.1 Å². The first kappa shape index (κ1) is 21.3. The molecular weight excluding hydrogens is 358 g/mol. The van der Waals surface area contributed by atoms with Gasteiger partial charge in [-0.15, -0.1) is 0 Å². The Kier molecular flexibility index (Phi) is 8.34. The van der Waals surface area contributed by atoms with E-state index in [4.69, 9.17) is 14.6 Å². The molecule has 0 aliphatic carbocycles. The molecule has 1 amide bonds. The van der Waals surface area contributed by atoms with Crippen molar-refractivity contribution in [2.75, 3.05) is 18.5 Å². The van der Waals surface area contributed by atoms with Crippen LogP contribution in [-0.2, 0) is 4.79 Å². The van der Waals surface area contributed by atoms with Gasteiger partial charge in [0.15, 0.2) is 0 Å². The maximum atomic E-state index is 12.6. The lowest BCUT2D eigenvalue weighted by Gasteiger charge is -2.12. The van der Waals surface area contributed by atoms with Gasteiger partial charge < -0.3 is 19.9 Å². The predicted molar refractivity (Wildman–Crippen MR) is 108 cm³/mol. The number of para-hydroxylation sites is 1. The highest BCUT2D eigenvalue weighted by Crippen LogP contribution is 2.21. The van der Waals surface area contributed by atoms with Crippen LogP contribution >= 0.6 is 0 Å². The number of amides is 1. The zero-order valence-electron chi connectivity index (χ0n) is 16.3. The number of ether oxygens (including phenoxy) is 2.